The summed E-state index contributed by atoms with van der Waals surface area (Å²) in [6, 6.07) is 8.55. The molecule has 7 heteroatoms. The quantitative estimate of drug-likeness (QED) is 0.717. The maximum atomic E-state index is 11.9. The Morgan fingerprint density at radius 2 is 2.18 bits per heavy atom. The standard InChI is InChI=1S/C15H17ClN2O4/c1-11(15(20)18(2)8-4-7-17)22-14(19)10-21-13-6-3-5-12(16)9-13/h3,5-6,9,11H,4,8,10H2,1-2H3/t11-/m0/s1. The van der Waals surface area contributed by atoms with Crippen molar-refractivity contribution in [2.45, 2.75) is 19.4 Å². The molecule has 0 radical (unpaired) electrons. The van der Waals surface area contributed by atoms with Crippen LogP contribution in [0.5, 0.6) is 5.75 Å². The predicted molar refractivity (Wildman–Crippen MR) is 80.4 cm³/mol. The van der Waals surface area contributed by atoms with Crippen LogP contribution in [0.1, 0.15) is 13.3 Å². The summed E-state index contributed by atoms with van der Waals surface area (Å²) in [5.74, 6) is -0.588. The lowest BCUT2D eigenvalue weighted by molar-refractivity contribution is -0.160. The van der Waals surface area contributed by atoms with E-state index >= 15 is 0 Å². The minimum atomic E-state index is -0.931. The van der Waals surface area contributed by atoms with E-state index in [1.54, 1.807) is 31.3 Å². The summed E-state index contributed by atoms with van der Waals surface area (Å²) in [7, 11) is 1.55. The molecular formula is C15H17ClN2O4. The number of carbonyl (C=O) groups is 2. The smallest absolute Gasteiger partial charge is 0.344 e. The molecule has 0 fully saturated rings. The van der Waals surface area contributed by atoms with Crippen molar-refractivity contribution in [3.63, 3.8) is 0 Å². The van der Waals surface area contributed by atoms with Gasteiger partial charge in [0.25, 0.3) is 5.91 Å². The number of halogens is 1. The molecule has 0 N–H and O–H groups in total. The van der Waals surface area contributed by atoms with E-state index in [0.29, 0.717) is 10.8 Å². The van der Waals surface area contributed by atoms with Gasteiger partial charge in [0.05, 0.1) is 12.5 Å². The molecule has 6 nitrogen and oxygen atoms in total. The largest absolute Gasteiger partial charge is 0.482 e. The Morgan fingerprint density at radius 3 is 2.82 bits per heavy atom. The number of esters is 1. The second-order valence-electron chi connectivity index (χ2n) is 4.55. The van der Waals surface area contributed by atoms with Gasteiger partial charge in [-0.3, -0.25) is 4.79 Å². The third-order valence-corrected chi connectivity index (χ3v) is 2.98. The zero-order valence-electron chi connectivity index (χ0n) is 12.4. The number of benzene rings is 1. The third kappa shape index (κ3) is 6.02. The molecule has 1 atom stereocenters. The Balaban J connectivity index is 2.41. The highest BCUT2D eigenvalue weighted by Gasteiger charge is 2.21. The van der Waals surface area contributed by atoms with Crippen molar-refractivity contribution in [1.29, 1.82) is 5.26 Å². The van der Waals surface area contributed by atoms with Crippen LogP contribution in [0.15, 0.2) is 24.3 Å². The van der Waals surface area contributed by atoms with Gasteiger partial charge >= 0.3 is 5.97 Å². The molecule has 1 rings (SSSR count). The SMILES string of the molecule is C[C@H](OC(=O)COc1cccc(Cl)c1)C(=O)N(C)CCC#N. The molecule has 0 aromatic heterocycles. The van der Waals surface area contributed by atoms with Crippen LogP contribution in [0, 0.1) is 11.3 Å². The molecule has 0 unspecified atom stereocenters. The molecule has 0 aliphatic heterocycles. The van der Waals surface area contributed by atoms with Crippen LogP contribution < -0.4 is 4.74 Å². The fraction of sp³-hybridized carbons (Fsp3) is 0.400. The number of hydrogen-bond donors (Lipinski definition) is 0. The number of ether oxygens (including phenoxy) is 2. The summed E-state index contributed by atoms with van der Waals surface area (Å²) in [6.07, 6.45) is -0.708. The summed E-state index contributed by atoms with van der Waals surface area (Å²) in [4.78, 5) is 24.9. The summed E-state index contributed by atoms with van der Waals surface area (Å²) in [5, 5.41) is 8.97. The first-order chi connectivity index (χ1) is 10.4. The molecule has 0 spiro atoms. The predicted octanol–water partition coefficient (Wildman–Crippen LogP) is 2.02. The first-order valence-electron chi connectivity index (χ1n) is 6.64. The van der Waals surface area contributed by atoms with Gasteiger partial charge in [0.15, 0.2) is 12.7 Å². The number of likely N-dealkylation sites (N-methyl/N-ethyl adjacent to an activating group) is 1. The second kappa shape index (κ2) is 8.90. The van der Waals surface area contributed by atoms with E-state index in [4.69, 9.17) is 26.3 Å². The fourth-order valence-electron chi connectivity index (χ4n) is 1.62. The lowest BCUT2D eigenvalue weighted by Crippen LogP contribution is -2.38. The Kier molecular flexibility index (Phi) is 7.20. The van der Waals surface area contributed by atoms with Crippen molar-refractivity contribution in [2.75, 3.05) is 20.2 Å². The molecule has 0 saturated heterocycles. The van der Waals surface area contributed by atoms with Crippen molar-refractivity contribution in [2.24, 2.45) is 0 Å². The Hall–Kier alpha value is -2.26. The molecule has 1 amide bonds. The van der Waals surface area contributed by atoms with Gasteiger partial charge in [-0.25, -0.2) is 4.79 Å². The molecule has 118 valence electrons. The summed E-state index contributed by atoms with van der Waals surface area (Å²) in [5.41, 5.74) is 0. The summed E-state index contributed by atoms with van der Waals surface area (Å²) in [6.45, 7) is 1.44. The van der Waals surface area contributed by atoms with Gasteiger partial charge in [0.2, 0.25) is 0 Å². The van der Waals surface area contributed by atoms with E-state index in [1.807, 2.05) is 6.07 Å². The van der Waals surface area contributed by atoms with Crippen molar-refractivity contribution >= 4 is 23.5 Å². The number of amides is 1. The van der Waals surface area contributed by atoms with Crippen LogP contribution >= 0.6 is 11.6 Å². The average molecular weight is 325 g/mol. The highest BCUT2D eigenvalue weighted by atomic mass is 35.5. The van der Waals surface area contributed by atoms with Crippen LogP contribution in [0.3, 0.4) is 0 Å². The normalized spacial score (nSPS) is 11.2. The summed E-state index contributed by atoms with van der Waals surface area (Å²) < 4.78 is 10.2. The number of nitrogens with zero attached hydrogens (tertiary/aromatic N) is 2. The van der Waals surface area contributed by atoms with Gasteiger partial charge in [-0.2, -0.15) is 5.26 Å². The molecule has 0 aliphatic rings. The average Bonchev–Trinajstić information content (AvgIpc) is 2.49. The van der Waals surface area contributed by atoms with E-state index in [-0.39, 0.29) is 25.5 Å². The van der Waals surface area contributed by atoms with Crippen molar-refractivity contribution in [1.82, 2.24) is 4.90 Å². The van der Waals surface area contributed by atoms with E-state index in [2.05, 4.69) is 0 Å². The maximum Gasteiger partial charge on any atom is 0.344 e. The lowest BCUT2D eigenvalue weighted by Gasteiger charge is -2.20. The van der Waals surface area contributed by atoms with Gasteiger partial charge in [-0.15, -0.1) is 0 Å². The highest BCUT2D eigenvalue weighted by Crippen LogP contribution is 2.17. The lowest BCUT2D eigenvalue weighted by atomic mass is 10.3. The van der Waals surface area contributed by atoms with Crippen LogP contribution in [0.25, 0.3) is 0 Å². The van der Waals surface area contributed by atoms with E-state index in [9.17, 15) is 9.59 Å². The van der Waals surface area contributed by atoms with Crippen LogP contribution in [0.4, 0.5) is 0 Å². The Bertz CT molecular complexity index is 571. The van der Waals surface area contributed by atoms with Gasteiger partial charge < -0.3 is 14.4 Å². The molecule has 1 aromatic carbocycles. The Morgan fingerprint density at radius 1 is 1.45 bits per heavy atom. The van der Waals surface area contributed by atoms with Crippen LogP contribution in [-0.2, 0) is 14.3 Å². The first-order valence-corrected chi connectivity index (χ1v) is 7.01. The molecule has 0 aliphatic carbocycles. The van der Waals surface area contributed by atoms with Gasteiger partial charge in [0.1, 0.15) is 5.75 Å². The van der Waals surface area contributed by atoms with Crippen molar-refractivity contribution in [3.8, 4) is 11.8 Å². The molecule has 22 heavy (non-hydrogen) atoms. The third-order valence-electron chi connectivity index (χ3n) is 2.74. The van der Waals surface area contributed by atoms with E-state index < -0.39 is 12.1 Å². The van der Waals surface area contributed by atoms with Crippen molar-refractivity contribution < 1.29 is 19.1 Å². The zero-order valence-corrected chi connectivity index (χ0v) is 13.2. The zero-order chi connectivity index (χ0) is 16.5. The molecule has 0 heterocycles. The molecular weight excluding hydrogens is 308 g/mol. The monoisotopic (exact) mass is 324 g/mol. The topological polar surface area (TPSA) is 79.6 Å². The number of hydrogen-bond acceptors (Lipinski definition) is 5. The van der Waals surface area contributed by atoms with Gasteiger partial charge in [-0.1, -0.05) is 17.7 Å². The second-order valence-corrected chi connectivity index (χ2v) is 4.98. The first kappa shape index (κ1) is 17.8. The van der Waals surface area contributed by atoms with Crippen LogP contribution in [0.2, 0.25) is 5.02 Å². The number of carbonyl (C=O) groups excluding carboxylic acids is 2. The maximum absolute atomic E-state index is 11.9. The Labute approximate surface area is 134 Å². The van der Waals surface area contributed by atoms with Crippen molar-refractivity contribution in [3.05, 3.63) is 29.3 Å². The number of rotatable bonds is 7. The molecule has 0 saturated carbocycles. The van der Waals surface area contributed by atoms with E-state index in [0.717, 1.165) is 0 Å². The fourth-order valence-corrected chi connectivity index (χ4v) is 1.80. The molecule has 0 bridgehead atoms. The van der Waals surface area contributed by atoms with Crippen LogP contribution in [-0.4, -0.2) is 43.1 Å². The van der Waals surface area contributed by atoms with Gasteiger partial charge in [0, 0.05) is 18.6 Å². The minimum Gasteiger partial charge on any atom is -0.482 e. The highest BCUT2D eigenvalue weighted by molar-refractivity contribution is 6.30. The minimum absolute atomic E-state index is 0.223. The van der Waals surface area contributed by atoms with Gasteiger partial charge in [-0.05, 0) is 25.1 Å². The molecule has 1 aromatic rings. The summed E-state index contributed by atoms with van der Waals surface area (Å²) >= 11 is 5.79. The number of nitriles is 1. The van der Waals surface area contributed by atoms with E-state index in [1.165, 1.54) is 11.8 Å².